The van der Waals surface area contributed by atoms with Gasteiger partial charge in [-0.25, -0.2) is 0 Å². The van der Waals surface area contributed by atoms with Crippen LogP contribution in [0.1, 0.15) is 44.6 Å². The lowest BCUT2D eigenvalue weighted by Gasteiger charge is -2.46. The molecular formula is C18H29N3. The van der Waals surface area contributed by atoms with Crippen molar-refractivity contribution >= 4 is 0 Å². The maximum absolute atomic E-state index is 4.11. The molecule has 0 bridgehead atoms. The van der Waals surface area contributed by atoms with Gasteiger partial charge >= 0.3 is 0 Å². The summed E-state index contributed by atoms with van der Waals surface area (Å²) in [7, 11) is 0. The van der Waals surface area contributed by atoms with E-state index in [1.165, 1.54) is 57.3 Å². The van der Waals surface area contributed by atoms with E-state index in [1.54, 1.807) is 0 Å². The number of likely N-dealkylation sites (tertiary alicyclic amines) is 1. The summed E-state index contributed by atoms with van der Waals surface area (Å²) >= 11 is 0. The van der Waals surface area contributed by atoms with Crippen molar-refractivity contribution < 1.29 is 0 Å². The Balaban J connectivity index is 1.43. The van der Waals surface area contributed by atoms with Gasteiger partial charge < -0.3 is 0 Å². The summed E-state index contributed by atoms with van der Waals surface area (Å²) in [5.41, 5.74) is 1.39. The van der Waals surface area contributed by atoms with Gasteiger partial charge in [-0.3, -0.25) is 14.8 Å². The van der Waals surface area contributed by atoms with E-state index in [0.717, 1.165) is 25.0 Å². The van der Waals surface area contributed by atoms with Gasteiger partial charge in [-0.2, -0.15) is 0 Å². The molecule has 1 aliphatic heterocycles. The van der Waals surface area contributed by atoms with Gasteiger partial charge in [0.15, 0.2) is 0 Å². The molecule has 0 aromatic carbocycles. The molecule has 3 nitrogen and oxygen atoms in total. The molecule has 3 rings (SSSR count). The minimum atomic E-state index is 0.756. The van der Waals surface area contributed by atoms with E-state index in [4.69, 9.17) is 0 Å². The molecule has 3 heteroatoms. The van der Waals surface area contributed by atoms with Crippen LogP contribution in [0.15, 0.2) is 24.5 Å². The highest BCUT2D eigenvalue weighted by molar-refractivity contribution is 5.10. The van der Waals surface area contributed by atoms with E-state index in [1.807, 2.05) is 12.4 Å². The van der Waals surface area contributed by atoms with Crippen LogP contribution >= 0.6 is 0 Å². The summed E-state index contributed by atoms with van der Waals surface area (Å²) in [6, 6.07) is 5.04. The first-order valence-corrected chi connectivity index (χ1v) is 8.70. The van der Waals surface area contributed by atoms with Gasteiger partial charge in [-0.15, -0.1) is 0 Å². The molecule has 1 saturated heterocycles. The average molecular weight is 287 g/mol. The highest BCUT2D eigenvalue weighted by atomic mass is 15.3. The Labute approximate surface area is 129 Å². The van der Waals surface area contributed by atoms with Gasteiger partial charge in [0.05, 0.1) is 0 Å². The number of aromatic nitrogens is 1. The second kappa shape index (κ2) is 7.37. The Morgan fingerprint density at radius 3 is 2.52 bits per heavy atom. The third-order valence-corrected chi connectivity index (χ3v) is 5.24. The van der Waals surface area contributed by atoms with E-state index in [-0.39, 0.29) is 0 Å². The average Bonchev–Trinajstić information content (AvgIpc) is 2.51. The molecule has 1 aromatic rings. The second-order valence-electron chi connectivity index (χ2n) is 6.79. The van der Waals surface area contributed by atoms with Crippen molar-refractivity contribution in [2.45, 2.75) is 51.6 Å². The van der Waals surface area contributed by atoms with E-state index in [9.17, 15) is 0 Å². The monoisotopic (exact) mass is 287 g/mol. The summed E-state index contributed by atoms with van der Waals surface area (Å²) in [4.78, 5) is 9.40. The largest absolute Gasteiger partial charge is 0.300 e. The van der Waals surface area contributed by atoms with Crippen LogP contribution in [0.3, 0.4) is 0 Å². The summed E-state index contributed by atoms with van der Waals surface area (Å²) in [5.74, 6) is 0.981. The fraction of sp³-hybridized carbons (Fsp3) is 0.722. The first-order valence-electron chi connectivity index (χ1n) is 8.70. The molecule has 1 aliphatic carbocycles. The first kappa shape index (κ1) is 15.0. The Hall–Kier alpha value is -0.930. The van der Waals surface area contributed by atoms with Crippen LogP contribution in [-0.2, 0) is 6.54 Å². The maximum Gasteiger partial charge on any atom is 0.0353 e. The molecule has 21 heavy (non-hydrogen) atoms. The molecule has 0 amide bonds. The van der Waals surface area contributed by atoms with Crippen molar-refractivity contribution in [2.75, 3.05) is 26.2 Å². The standard InChI is InChI=1S/C18H29N3/c1-2-21(13-17-8-10-19-11-9-17)18-14-20(15-18)12-16-6-4-3-5-7-16/h8-11,16,18H,2-7,12-15H2,1H3. The highest BCUT2D eigenvalue weighted by Gasteiger charge is 2.32. The van der Waals surface area contributed by atoms with Crippen molar-refractivity contribution in [1.29, 1.82) is 0 Å². The fourth-order valence-electron chi connectivity index (χ4n) is 3.88. The Morgan fingerprint density at radius 2 is 1.86 bits per heavy atom. The van der Waals surface area contributed by atoms with Crippen LogP contribution in [0.25, 0.3) is 0 Å². The van der Waals surface area contributed by atoms with Crippen LogP contribution < -0.4 is 0 Å². The first-order chi connectivity index (χ1) is 10.3. The van der Waals surface area contributed by atoms with Gasteiger partial charge in [0, 0.05) is 44.6 Å². The summed E-state index contributed by atoms with van der Waals surface area (Å²) in [6.45, 7) is 8.39. The van der Waals surface area contributed by atoms with Gasteiger partial charge in [0.2, 0.25) is 0 Å². The zero-order valence-corrected chi connectivity index (χ0v) is 13.4. The minimum absolute atomic E-state index is 0.756. The van der Waals surface area contributed by atoms with E-state index < -0.39 is 0 Å². The third kappa shape index (κ3) is 4.04. The van der Waals surface area contributed by atoms with Crippen LogP contribution in [0.2, 0.25) is 0 Å². The second-order valence-corrected chi connectivity index (χ2v) is 6.79. The highest BCUT2D eigenvalue weighted by Crippen LogP contribution is 2.27. The van der Waals surface area contributed by atoms with Crippen molar-refractivity contribution in [2.24, 2.45) is 5.92 Å². The number of rotatable bonds is 6. The normalized spacial score (nSPS) is 21.6. The van der Waals surface area contributed by atoms with Crippen LogP contribution in [0.5, 0.6) is 0 Å². The molecule has 0 unspecified atom stereocenters. The number of hydrogen-bond donors (Lipinski definition) is 0. The van der Waals surface area contributed by atoms with Gasteiger partial charge in [0.1, 0.15) is 0 Å². The molecule has 0 spiro atoms. The molecular weight excluding hydrogens is 258 g/mol. The number of likely N-dealkylation sites (N-methyl/N-ethyl adjacent to an activating group) is 1. The smallest absolute Gasteiger partial charge is 0.0353 e. The lowest BCUT2D eigenvalue weighted by molar-refractivity contribution is 0.0184. The van der Waals surface area contributed by atoms with E-state index in [2.05, 4.69) is 33.8 Å². The molecule has 0 radical (unpaired) electrons. The number of hydrogen-bond acceptors (Lipinski definition) is 3. The molecule has 2 aliphatic rings. The molecule has 0 atom stereocenters. The number of nitrogens with zero attached hydrogens (tertiary/aromatic N) is 3. The van der Waals surface area contributed by atoms with Crippen LogP contribution in [0.4, 0.5) is 0 Å². The van der Waals surface area contributed by atoms with Gasteiger partial charge in [-0.05, 0) is 43.0 Å². The van der Waals surface area contributed by atoms with Crippen molar-refractivity contribution in [3.05, 3.63) is 30.1 Å². The molecule has 0 N–H and O–H groups in total. The van der Waals surface area contributed by atoms with Crippen molar-refractivity contribution in [3.63, 3.8) is 0 Å². The van der Waals surface area contributed by atoms with Crippen LogP contribution in [0, 0.1) is 5.92 Å². The minimum Gasteiger partial charge on any atom is -0.300 e. The summed E-state index contributed by atoms with van der Waals surface area (Å²) in [5, 5.41) is 0. The topological polar surface area (TPSA) is 19.4 Å². The van der Waals surface area contributed by atoms with Crippen molar-refractivity contribution in [3.8, 4) is 0 Å². The third-order valence-electron chi connectivity index (χ3n) is 5.24. The SMILES string of the molecule is CCN(Cc1ccncc1)C1CN(CC2CCCCC2)C1. The Morgan fingerprint density at radius 1 is 1.14 bits per heavy atom. The Kier molecular flexibility index (Phi) is 5.26. The van der Waals surface area contributed by atoms with E-state index >= 15 is 0 Å². The zero-order valence-electron chi connectivity index (χ0n) is 13.4. The zero-order chi connectivity index (χ0) is 14.5. The Bertz CT molecular complexity index is 408. The lowest BCUT2D eigenvalue weighted by Crippen LogP contribution is -2.59. The van der Waals surface area contributed by atoms with E-state index in [0.29, 0.717) is 0 Å². The quantitative estimate of drug-likeness (QED) is 0.801. The predicted molar refractivity (Wildman–Crippen MR) is 87.1 cm³/mol. The summed E-state index contributed by atoms with van der Waals surface area (Å²) < 4.78 is 0. The van der Waals surface area contributed by atoms with Gasteiger partial charge in [0.25, 0.3) is 0 Å². The fourth-order valence-corrected chi connectivity index (χ4v) is 3.88. The van der Waals surface area contributed by atoms with Crippen molar-refractivity contribution in [1.82, 2.24) is 14.8 Å². The molecule has 2 fully saturated rings. The molecule has 2 heterocycles. The number of pyridine rings is 1. The summed E-state index contributed by atoms with van der Waals surface area (Å²) in [6.07, 6.45) is 11.1. The van der Waals surface area contributed by atoms with Gasteiger partial charge in [-0.1, -0.05) is 26.2 Å². The predicted octanol–water partition coefficient (Wildman–Crippen LogP) is 3.17. The molecule has 1 saturated carbocycles. The lowest BCUT2D eigenvalue weighted by atomic mass is 9.88. The molecule has 1 aromatic heterocycles. The maximum atomic E-state index is 4.11. The van der Waals surface area contributed by atoms with Crippen LogP contribution in [-0.4, -0.2) is 47.0 Å². The molecule has 116 valence electrons.